The molecule has 2 aromatic rings. The number of carbonyl (C=O) groups is 1. The fourth-order valence-electron chi connectivity index (χ4n) is 1.44. The predicted octanol–water partition coefficient (Wildman–Crippen LogP) is 0.287. The third kappa shape index (κ3) is 2.63. The van der Waals surface area contributed by atoms with E-state index >= 15 is 0 Å². The molecule has 0 aliphatic rings. The highest BCUT2D eigenvalue weighted by atomic mass is 35.5. The maximum atomic E-state index is 11.3. The number of nitrogen functional groups attached to an aromatic ring is 1. The number of rotatable bonds is 3. The van der Waals surface area contributed by atoms with E-state index in [9.17, 15) is 4.79 Å². The number of nitrogens with zero attached hydrogens (tertiary/aromatic N) is 4. The first-order chi connectivity index (χ1) is 8.60. The van der Waals surface area contributed by atoms with Crippen LogP contribution in [0.3, 0.4) is 0 Å². The summed E-state index contributed by atoms with van der Waals surface area (Å²) in [6.45, 7) is 2.21. The van der Waals surface area contributed by atoms with Crippen LogP contribution in [-0.4, -0.2) is 25.7 Å². The number of hydrogen-bond acceptors (Lipinski definition) is 5. The van der Waals surface area contributed by atoms with Gasteiger partial charge in [0.1, 0.15) is 11.0 Å². The topological polar surface area (TPSA) is 98.7 Å². The summed E-state index contributed by atoms with van der Waals surface area (Å²) in [5, 5.41) is 4.46. The summed E-state index contributed by atoms with van der Waals surface area (Å²) >= 11 is 5.79. The summed E-state index contributed by atoms with van der Waals surface area (Å²) < 4.78 is 1.59. The van der Waals surface area contributed by atoms with Crippen LogP contribution in [-0.2, 0) is 6.54 Å². The van der Waals surface area contributed by atoms with Gasteiger partial charge in [-0.1, -0.05) is 11.6 Å². The number of hydrazine groups is 1. The van der Waals surface area contributed by atoms with E-state index in [2.05, 4.69) is 15.1 Å². The molecule has 7 nitrogen and oxygen atoms in total. The van der Waals surface area contributed by atoms with Gasteiger partial charge in [0, 0.05) is 6.20 Å². The summed E-state index contributed by atoms with van der Waals surface area (Å²) in [7, 11) is 0. The fourth-order valence-corrected chi connectivity index (χ4v) is 1.64. The molecule has 0 unspecified atom stereocenters. The molecule has 0 aromatic carbocycles. The Morgan fingerprint density at radius 1 is 1.61 bits per heavy atom. The van der Waals surface area contributed by atoms with Crippen molar-refractivity contribution in [2.45, 2.75) is 13.5 Å². The van der Waals surface area contributed by atoms with Gasteiger partial charge in [-0.2, -0.15) is 0 Å². The van der Waals surface area contributed by atoms with Gasteiger partial charge in [-0.05, 0) is 24.6 Å². The number of carbonyl (C=O) groups excluding carboxylic acids is 1. The number of nitrogens with one attached hydrogen (secondary N) is 1. The summed E-state index contributed by atoms with van der Waals surface area (Å²) in [6, 6.07) is 3.54. The van der Waals surface area contributed by atoms with Crippen molar-refractivity contribution in [3.05, 3.63) is 40.7 Å². The average molecular weight is 267 g/mol. The third-order valence-electron chi connectivity index (χ3n) is 2.31. The number of aryl methyl sites for hydroxylation is 1. The minimum Gasteiger partial charge on any atom is -0.287 e. The molecule has 0 fully saturated rings. The molecule has 0 aliphatic carbocycles. The van der Waals surface area contributed by atoms with Crippen LogP contribution in [0.1, 0.15) is 22.0 Å². The molecule has 2 aromatic heterocycles. The van der Waals surface area contributed by atoms with Gasteiger partial charge in [-0.25, -0.2) is 20.5 Å². The Bertz CT molecular complexity index is 581. The second-order valence-electron chi connectivity index (χ2n) is 3.60. The van der Waals surface area contributed by atoms with E-state index in [1.807, 2.05) is 11.5 Å². The Labute approximate surface area is 108 Å². The molecule has 1 amide bonds. The Balaban J connectivity index is 2.24. The highest BCUT2D eigenvalue weighted by Gasteiger charge is 2.13. The molecule has 0 saturated heterocycles. The lowest BCUT2D eigenvalue weighted by Crippen LogP contribution is -2.31. The SMILES string of the molecule is Cc1nc(C(=O)NN)nn1Cc1ccnc(Cl)c1. The van der Waals surface area contributed by atoms with Gasteiger partial charge < -0.3 is 0 Å². The maximum absolute atomic E-state index is 11.3. The Morgan fingerprint density at radius 3 is 3.06 bits per heavy atom. The number of amides is 1. The molecule has 2 rings (SSSR count). The quantitative estimate of drug-likeness (QED) is 0.360. The zero-order chi connectivity index (χ0) is 13.1. The molecule has 94 valence electrons. The molecule has 0 bridgehead atoms. The summed E-state index contributed by atoms with van der Waals surface area (Å²) in [5.74, 6) is 5.15. The van der Waals surface area contributed by atoms with Gasteiger partial charge in [-0.3, -0.25) is 10.2 Å². The smallest absolute Gasteiger partial charge is 0.287 e. The highest BCUT2D eigenvalue weighted by molar-refractivity contribution is 6.29. The standard InChI is InChI=1S/C10H11ClN6O/c1-6-14-9(10(18)15-12)16-17(6)5-7-2-3-13-8(11)4-7/h2-4H,5,12H2,1H3,(H,15,18). The average Bonchev–Trinajstić information content (AvgIpc) is 2.70. The lowest BCUT2D eigenvalue weighted by molar-refractivity contribution is 0.0943. The van der Waals surface area contributed by atoms with Gasteiger partial charge in [0.2, 0.25) is 5.82 Å². The predicted molar refractivity (Wildman–Crippen MR) is 64.8 cm³/mol. The molecule has 0 aliphatic heterocycles. The highest BCUT2D eigenvalue weighted by Crippen LogP contribution is 2.09. The van der Waals surface area contributed by atoms with Crippen molar-refractivity contribution in [3.63, 3.8) is 0 Å². The van der Waals surface area contributed by atoms with Crippen LogP contribution in [0.25, 0.3) is 0 Å². The molecular weight excluding hydrogens is 256 g/mol. The molecule has 0 spiro atoms. The van der Waals surface area contributed by atoms with Crippen LogP contribution < -0.4 is 11.3 Å². The van der Waals surface area contributed by atoms with Gasteiger partial charge in [-0.15, -0.1) is 5.10 Å². The Morgan fingerprint density at radius 2 is 2.39 bits per heavy atom. The van der Waals surface area contributed by atoms with Crippen LogP contribution in [0.5, 0.6) is 0 Å². The number of pyridine rings is 1. The molecule has 0 radical (unpaired) electrons. The third-order valence-corrected chi connectivity index (χ3v) is 2.52. The molecule has 18 heavy (non-hydrogen) atoms. The molecule has 3 N–H and O–H groups in total. The second-order valence-corrected chi connectivity index (χ2v) is 3.99. The maximum Gasteiger partial charge on any atom is 0.304 e. The van der Waals surface area contributed by atoms with Crippen molar-refractivity contribution < 1.29 is 4.79 Å². The number of hydrogen-bond donors (Lipinski definition) is 2. The van der Waals surface area contributed by atoms with Crippen LogP contribution in [0.4, 0.5) is 0 Å². The first-order valence-electron chi connectivity index (χ1n) is 5.13. The van der Waals surface area contributed by atoms with E-state index in [4.69, 9.17) is 17.4 Å². The van der Waals surface area contributed by atoms with Crippen molar-refractivity contribution >= 4 is 17.5 Å². The lowest BCUT2D eigenvalue weighted by atomic mass is 10.3. The van der Waals surface area contributed by atoms with Gasteiger partial charge in [0.25, 0.3) is 0 Å². The summed E-state index contributed by atoms with van der Waals surface area (Å²) in [4.78, 5) is 19.2. The molecular formula is C10H11ClN6O. The molecule has 8 heteroatoms. The van der Waals surface area contributed by atoms with E-state index in [1.54, 1.807) is 23.9 Å². The van der Waals surface area contributed by atoms with Crippen LogP contribution in [0.2, 0.25) is 5.15 Å². The van der Waals surface area contributed by atoms with Gasteiger partial charge >= 0.3 is 5.91 Å². The zero-order valence-electron chi connectivity index (χ0n) is 9.59. The zero-order valence-corrected chi connectivity index (χ0v) is 10.3. The summed E-state index contributed by atoms with van der Waals surface area (Å²) in [6.07, 6.45) is 1.61. The Kier molecular flexibility index (Phi) is 3.54. The lowest BCUT2D eigenvalue weighted by Gasteiger charge is -2.03. The Hall–Kier alpha value is -1.99. The minimum absolute atomic E-state index is 0.0372. The molecule has 2 heterocycles. The minimum atomic E-state index is -0.524. The largest absolute Gasteiger partial charge is 0.304 e. The van der Waals surface area contributed by atoms with Crippen molar-refractivity contribution in [1.29, 1.82) is 0 Å². The number of aromatic nitrogens is 4. The van der Waals surface area contributed by atoms with Crippen molar-refractivity contribution in [3.8, 4) is 0 Å². The monoisotopic (exact) mass is 266 g/mol. The van der Waals surface area contributed by atoms with E-state index in [0.717, 1.165) is 5.56 Å². The van der Waals surface area contributed by atoms with E-state index in [-0.39, 0.29) is 5.82 Å². The summed E-state index contributed by atoms with van der Waals surface area (Å²) in [5.41, 5.74) is 2.91. The van der Waals surface area contributed by atoms with E-state index in [1.165, 1.54) is 0 Å². The number of halogens is 1. The van der Waals surface area contributed by atoms with Crippen LogP contribution in [0.15, 0.2) is 18.3 Å². The number of nitrogens with two attached hydrogens (primary N) is 1. The van der Waals surface area contributed by atoms with Crippen LogP contribution >= 0.6 is 11.6 Å². The second kappa shape index (κ2) is 5.11. The van der Waals surface area contributed by atoms with Crippen molar-refractivity contribution in [2.75, 3.05) is 0 Å². The van der Waals surface area contributed by atoms with Crippen LogP contribution in [0, 0.1) is 6.92 Å². The normalized spacial score (nSPS) is 10.4. The van der Waals surface area contributed by atoms with Gasteiger partial charge in [0.15, 0.2) is 0 Å². The molecule has 0 atom stereocenters. The first-order valence-corrected chi connectivity index (χ1v) is 5.51. The fraction of sp³-hybridized carbons (Fsp3) is 0.200. The molecule has 0 saturated carbocycles. The van der Waals surface area contributed by atoms with Gasteiger partial charge in [0.05, 0.1) is 6.54 Å². The first kappa shape index (κ1) is 12.5. The van der Waals surface area contributed by atoms with Crippen molar-refractivity contribution in [1.82, 2.24) is 25.2 Å². The van der Waals surface area contributed by atoms with E-state index < -0.39 is 5.91 Å². The van der Waals surface area contributed by atoms with Crippen molar-refractivity contribution in [2.24, 2.45) is 5.84 Å². The van der Waals surface area contributed by atoms with E-state index in [0.29, 0.717) is 17.5 Å².